The SMILES string of the molecule is CC(C)(Oc1ccc([C@@H]2CC2(Cl)Cl)cc1)C(=O)NCc1ccco1. The molecule has 0 saturated heterocycles. The average molecular weight is 368 g/mol. The number of alkyl halides is 2. The number of ether oxygens (including phenoxy) is 1. The van der Waals surface area contributed by atoms with Crippen LogP contribution in [0.4, 0.5) is 0 Å². The summed E-state index contributed by atoms with van der Waals surface area (Å²) in [6.07, 6.45) is 2.33. The van der Waals surface area contributed by atoms with Crippen LogP contribution in [0.2, 0.25) is 0 Å². The molecule has 4 nitrogen and oxygen atoms in total. The van der Waals surface area contributed by atoms with Crippen molar-refractivity contribution >= 4 is 29.1 Å². The molecule has 0 radical (unpaired) electrons. The van der Waals surface area contributed by atoms with Crippen molar-refractivity contribution in [3.8, 4) is 5.75 Å². The monoisotopic (exact) mass is 367 g/mol. The Kier molecular flexibility index (Phi) is 4.54. The Hall–Kier alpha value is -1.65. The molecule has 1 aromatic carbocycles. The van der Waals surface area contributed by atoms with Gasteiger partial charge in [0.05, 0.1) is 12.8 Å². The Balaban J connectivity index is 1.58. The lowest BCUT2D eigenvalue weighted by molar-refractivity contribution is -0.134. The summed E-state index contributed by atoms with van der Waals surface area (Å²) in [5, 5.41) is 2.80. The number of rotatable bonds is 6. The molecule has 1 amide bonds. The number of hydrogen-bond donors (Lipinski definition) is 1. The molecule has 0 spiro atoms. The van der Waals surface area contributed by atoms with Crippen LogP contribution >= 0.6 is 23.2 Å². The Morgan fingerprint density at radius 1 is 1.33 bits per heavy atom. The van der Waals surface area contributed by atoms with Gasteiger partial charge in [0.1, 0.15) is 15.8 Å². The average Bonchev–Trinajstić information content (AvgIpc) is 2.94. The lowest BCUT2D eigenvalue weighted by atomic mass is 10.1. The van der Waals surface area contributed by atoms with E-state index in [4.69, 9.17) is 32.4 Å². The number of amides is 1. The fourth-order valence-corrected chi connectivity index (χ4v) is 3.04. The summed E-state index contributed by atoms with van der Waals surface area (Å²) >= 11 is 12.2. The summed E-state index contributed by atoms with van der Waals surface area (Å²) in [7, 11) is 0. The van der Waals surface area contributed by atoms with E-state index >= 15 is 0 Å². The van der Waals surface area contributed by atoms with Crippen molar-refractivity contribution in [2.24, 2.45) is 0 Å². The summed E-state index contributed by atoms with van der Waals surface area (Å²) in [6, 6.07) is 11.1. The first-order chi connectivity index (χ1) is 11.3. The maximum Gasteiger partial charge on any atom is 0.263 e. The van der Waals surface area contributed by atoms with E-state index in [1.165, 1.54) is 0 Å². The molecule has 1 N–H and O–H groups in total. The Bertz CT molecular complexity index is 708. The quantitative estimate of drug-likeness (QED) is 0.769. The lowest BCUT2D eigenvalue weighted by Crippen LogP contribution is -2.46. The summed E-state index contributed by atoms with van der Waals surface area (Å²) in [4.78, 5) is 12.3. The van der Waals surface area contributed by atoms with Gasteiger partial charge in [-0.05, 0) is 50.1 Å². The van der Waals surface area contributed by atoms with Crippen LogP contribution in [0.3, 0.4) is 0 Å². The second kappa shape index (κ2) is 6.34. The van der Waals surface area contributed by atoms with Crippen LogP contribution in [0.15, 0.2) is 47.1 Å². The Labute approximate surface area is 151 Å². The maximum absolute atomic E-state index is 12.3. The number of furan rings is 1. The highest BCUT2D eigenvalue weighted by Crippen LogP contribution is 2.59. The molecule has 128 valence electrons. The lowest BCUT2D eigenvalue weighted by Gasteiger charge is -2.25. The number of carbonyl (C=O) groups excluding carboxylic acids is 1. The molecule has 0 bridgehead atoms. The van der Waals surface area contributed by atoms with Gasteiger partial charge >= 0.3 is 0 Å². The van der Waals surface area contributed by atoms with Crippen LogP contribution in [0.25, 0.3) is 0 Å². The van der Waals surface area contributed by atoms with Crippen molar-refractivity contribution in [2.75, 3.05) is 0 Å². The van der Waals surface area contributed by atoms with Gasteiger partial charge in [-0.3, -0.25) is 4.79 Å². The van der Waals surface area contributed by atoms with E-state index < -0.39 is 9.93 Å². The van der Waals surface area contributed by atoms with Crippen LogP contribution in [0, 0.1) is 0 Å². The van der Waals surface area contributed by atoms with E-state index in [0.29, 0.717) is 18.1 Å². The molecule has 24 heavy (non-hydrogen) atoms. The Morgan fingerprint density at radius 2 is 2.00 bits per heavy atom. The summed E-state index contributed by atoms with van der Waals surface area (Å²) in [5.41, 5.74) is 0.0728. The highest BCUT2D eigenvalue weighted by Gasteiger charge is 2.52. The normalized spacial score (nSPS) is 18.9. The second-order valence-electron chi connectivity index (χ2n) is 6.46. The van der Waals surface area contributed by atoms with Gasteiger partial charge in [0.25, 0.3) is 5.91 Å². The van der Waals surface area contributed by atoms with Crippen LogP contribution < -0.4 is 10.1 Å². The number of nitrogens with one attached hydrogen (secondary N) is 1. The third-order valence-corrected chi connectivity index (χ3v) is 4.87. The highest BCUT2D eigenvalue weighted by molar-refractivity contribution is 6.51. The van der Waals surface area contributed by atoms with Crippen LogP contribution in [-0.2, 0) is 11.3 Å². The van der Waals surface area contributed by atoms with Crippen molar-refractivity contribution in [1.82, 2.24) is 5.32 Å². The molecule has 1 atom stereocenters. The van der Waals surface area contributed by atoms with Gasteiger partial charge in [0.15, 0.2) is 5.60 Å². The number of halogens is 2. The van der Waals surface area contributed by atoms with Crippen LogP contribution in [0.5, 0.6) is 5.75 Å². The van der Waals surface area contributed by atoms with Gasteiger partial charge in [0.2, 0.25) is 0 Å². The van der Waals surface area contributed by atoms with Crippen molar-refractivity contribution < 1.29 is 13.9 Å². The topological polar surface area (TPSA) is 51.5 Å². The molecule has 3 rings (SSSR count). The first kappa shape index (κ1) is 17.2. The standard InChI is InChI=1S/C18H19Cl2NO3/c1-17(2,16(22)21-11-14-4-3-9-23-14)24-13-7-5-12(6-8-13)15-10-18(15,19)20/h3-9,15H,10-11H2,1-2H3,(H,21,22)/t15-/m0/s1. The van der Waals surface area contributed by atoms with Crippen molar-refractivity contribution in [3.05, 3.63) is 54.0 Å². The minimum atomic E-state index is -1.00. The van der Waals surface area contributed by atoms with E-state index in [-0.39, 0.29) is 11.8 Å². The predicted octanol–water partition coefficient (Wildman–Crippen LogP) is 4.41. The fraction of sp³-hybridized carbons (Fsp3) is 0.389. The summed E-state index contributed by atoms with van der Waals surface area (Å²) < 4.78 is 10.4. The minimum Gasteiger partial charge on any atom is -0.478 e. The van der Waals surface area contributed by atoms with Crippen molar-refractivity contribution in [3.63, 3.8) is 0 Å². The van der Waals surface area contributed by atoms with Crippen molar-refractivity contribution in [2.45, 2.75) is 42.7 Å². The molecule has 0 unspecified atom stereocenters. The molecule has 2 aromatic rings. The number of carbonyl (C=O) groups is 1. The van der Waals surface area contributed by atoms with Gasteiger partial charge in [-0.15, -0.1) is 23.2 Å². The zero-order valence-corrected chi connectivity index (χ0v) is 15.0. The number of hydrogen-bond acceptors (Lipinski definition) is 3. The minimum absolute atomic E-state index is 0.166. The van der Waals surface area contributed by atoms with Gasteiger partial charge < -0.3 is 14.5 Å². The molecule has 1 saturated carbocycles. The Morgan fingerprint density at radius 3 is 2.54 bits per heavy atom. The fourth-order valence-electron chi connectivity index (χ4n) is 2.48. The zero-order chi connectivity index (χ0) is 17.4. The number of benzene rings is 1. The highest BCUT2D eigenvalue weighted by atomic mass is 35.5. The van der Waals surface area contributed by atoms with E-state index in [1.54, 1.807) is 32.2 Å². The van der Waals surface area contributed by atoms with Crippen molar-refractivity contribution in [1.29, 1.82) is 0 Å². The van der Waals surface area contributed by atoms with Gasteiger partial charge in [-0.25, -0.2) is 0 Å². The second-order valence-corrected chi connectivity index (χ2v) is 8.00. The van der Waals surface area contributed by atoms with Crippen LogP contribution in [-0.4, -0.2) is 15.8 Å². The molecule has 1 aliphatic carbocycles. The molecular formula is C18H19Cl2NO3. The van der Waals surface area contributed by atoms with Crippen LogP contribution in [0.1, 0.15) is 37.5 Å². The third kappa shape index (κ3) is 3.87. The molecule has 1 heterocycles. The molecule has 6 heteroatoms. The molecule has 1 aromatic heterocycles. The predicted molar refractivity (Wildman–Crippen MR) is 93.5 cm³/mol. The largest absolute Gasteiger partial charge is 0.478 e. The van der Waals surface area contributed by atoms with E-state index in [1.807, 2.05) is 24.3 Å². The van der Waals surface area contributed by atoms with Gasteiger partial charge in [0, 0.05) is 5.92 Å². The first-order valence-corrected chi connectivity index (χ1v) is 8.51. The smallest absolute Gasteiger partial charge is 0.263 e. The maximum atomic E-state index is 12.3. The molecule has 0 aliphatic heterocycles. The van der Waals surface area contributed by atoms with E-state index in [0.717, 1.165) is 12.0 Å². The molecule has 1 fully saturated rings. The van der Waals surface area contributed by atoms with E-state index in [2.05, 4.69) is 5.32 Å². The van der Waals surface area contributed by atoms with Gasteiger partial charge in [-0.2, -0.15) is 0 Å². The molecular weight excluding hydrogens is 349 g/mol. The van der Waals surface area contributed by atoms with Gasteiger partial charge in [-0.1, -0.05) is 12.1 Å². The molecule has 1 aliphatic rings. The summed E-state index contributed by atoms with van der Waals surface area (Å²) in [6.45, 7) is 3.77. The third-order valence-electron chi connectivity index (χ3n) is 4.03. The van der Waals surface area contributed by atoms with E-state index in [9.17, 15) is 4.79 Å². The summed E-state index contributed by atoms with van der Waals surface area (Å²) in [5.74, 6) is 1.26. The zero-order valence-electron chi connectivity index (χ0n) is 13.5. The first-order valence-electron chi connectivity index (χ1n) is 7.75.